The van der Waals surface area contributed by atoms with Crippen LogP contribution in [-0.2, 0) is 4.74 Å². The lowest BCUT2D eigenvalue weighted by Gasteiger charge is -2.32. The van der Waals surface area contributed by atoms with Crippen LogP contribution in [0.1, 0.15) is 29.6 Å². The van der Waals surface area contributed by atoms with Crippen molar-refractivity contribution in [3.63, 3.8) is 0 Å². The average Bonchev–Trinajstić information content (AvgIpc) is 2.46. The van der Waals surface area contributed by atoms with Gasteiger partial charge >= 0.3 is 0 Å². The highest BCUT2D eigenvalue weighted by molar-refractivity contribution is 9.10. The monoisotopic (exact) mass is 358 g/mol. The Morgan fingerprint density at radius 2 is 2.10 bits per heavy atom. The van der Waals surface area contributed by atoms with E-state index in [0.717, 1.165) is 19.3 Å². The van der Waals surface area contributed by atoms with Gasteiger partial charge in [0.1, 0.15) is 5.82 Å². The van der Waals surface area contributed by atoms with E-state index < -0.39 is 5.82 Å². The summed E-state index contributed by atoms with van der Waals surface area (Å²) in [5.41, 5.74) is 5.81. The van der Waals surface area contributed by atoms with Crippen molar-refractivity contribution in [2.24, 2.45) is 5.73 Å². The zero-order valence-corrected chi connectivity index (χ0v) is 13.4. The van der Waals surface area contributed by atoms with Crippen LogP contribution < -0.4 is 5.73 Å². The molecule has 0 atom stereocenters. The molecule has 0 saturated carbocycles. The first kappa shape index (κ1) is 16.4. The van der Waals surface area contributed by atoms with Gasteiger partial charge in [-0.3, -0.25) is 4.79 Å². The van der Waals surface area contributed by atoms with E-state index in [-0.39, 0.29) is 12.0 Å². The number of hydrogen-bond donors (Lipinski definition) is 1. The largest absolute Gasteiger partial charge is 0.378 e. The minimum atomic E-state index is -0.410. The van der Waals surface area contributed by atoms with Crippen LogP contribution in [0.5, 0.6) is 0 Å². The molecule has 1 fully saturated rings. The summed E-state index contributed by atoms with van der Waals surface area (Å²) in [7, 11) is 0. The number of ether oxygens (including phenoxy) is 1. The molecule has 0 unspecified atom stereocenters. The third-order valence-corrected chi connectivity index (χ3v) is 4.00. The van der Waals surface area contributed by atoms with E-state index in [4.69, 9.17) is 10.5 Å². The molecular formula is C15H20BrFN2O2. The smallest absolute Gasteiger partial charge is 0.253 e. The van der Waals surface area contributed by atoms with Gasteiger partial charge in [-0.2, -0.15) is 0 Å². The Labute approximate surface area is 132 Å². The van der Waals surface area contributed by atoms with Crippen LogP contribution in [0.25, 0.3) is 0 Å². The first-order chi connectivity index (χ1) is 10.1. The Kier molecular flexibility index (Phi) is 6.14. The maximum absolute atomic E-state index is 13.4. The molecule has 1 saturated heterocycles. The quantitative estimate of drug-likeness (QED) is 0.823. The molecule has 1 aliphatic rings. The van der Waals surface area contributed by atoms with Crippen LogP contribution in [0.4, 0.5) is 4.39 Å². The molecule has 6 heteroatoms. The number of halogens is 2. The van der Waals surface area contributed by atoms with Crippen molar-refractivity contribution in [1.82, 2.24) is 4.90 Å². The van der Waals surface area contributed by atoms with E-state index in [9.17, 15) is 9.18 Å². The van der Waals surface area contributed by atoms with Gasteiger partial charge in [0.15, 0.2) is 0 Å². The number of nitrogens with two attached hydrogens (primary N) is 1. The van der Waals surface area contributed by atoms with E-state index in [0.29, 0.717) is 36.3 Å². The van der Waals surface area contributed by atoms with Crippen molar-refractivity contribution >= 4 is 21.8 Å². The van der Waals surface area contributed by atoms with Gasteiger partial charge in [-0.25, -0.2) is 4.39 Å². The Hall–Kier alpha value is -0.980. The second-order valence-electron chi connectivity index (χ2n) is 5.16. The summed E-state index contributed by atoms with van der Waals surface area (Å²) >= 11 is 3.21. The van der Waals surface area contributed by atoms with Crippen molar-refractivity contribution in [1.29, 1.82) is 0 Å². The molecule has 1 amide bonds. The number of rotatable bonds is 5. The summed E-state index contributed by atoms with van der Waals surface area (Å²) in [6.07, 6.45) is 2.68. The molecule has 1 heterocycles. The normalized spacial score (nSPS) is 16.2. The number of carbonyl (C=O) groups excluding carboxylic acids is 1. The highest BCUT2D eigenvalue weighted by Crippen LogP contribution is 2.20. The first-order valence-corrected chi connectivity index (χ1v) is 7.96. The number of hydrogen-bond acceptors (Lipinski definition) is 3. The summed E-state index contributed by atoms with van der Waals surface area (Å²) in [6.45, 7) is 2.58. The Morgan fingerprint density at radius 3 is 2.71 bits per heavy atom. The number of benzene rings is 1. The lowest BCUT2D eigenvalue weighted by Crippen LogP contribution is -2.41. The highest BCUT2D eigenvalue weighted by Gasteiger charge is 2.24. The molecule has 1 aliphatic heterocycles. The van der Waals surface area contributed by atoms with Gasteiger partial charge in [0, 0.05) is 29.7 Å². The molecule has 0 aliphatic carbocycles. The highest BCUT2D eigenvalue weighted by atomic mass is 79.9. The second kappa shape index (κ2) is 7.87. The Morgan fingerprint density at radius 1 is 1.38 bits per heavy atom. The molecule has 0 bridgehead atoms. The number of amides is 1. The Balaban J connectivity index is 1.88. The fourth-order valence-electron chi connectivity index (χ4n) is 2.42. The van der Waals surface area contributed by atoms with E-state index in [1.165, 1.54) is 12.1 Å². The van der Waals surface area contributed by atoms with E-state index in [1.54, 1.807) is 11.0 Å². The molecule has 1 aromatic carbocycles. The molecule has 2 N–H and O–H groups in total. The van der Waals surface area contributed by atoms with Crippen molar-refractivity contribution in [2.75, 3.05) is 26.2 Å². The maximum Gasteiger partial charge on any atom is 0.253 e. The Bertz CT molecular complexity index is 470. The number of carbonyl (C=O) groups is 1. The third-order valence-electron chi connectivity index (χ3n) is 3.54. The van der Waals surface area contributed by atoms with E-state index >= 15 is 0 Å². The summed E-state index contributed by atoms with van der Waals surface area (Å²) < 4.78 is 19.6. The molecule has 4 nitrogen and oxygen atoms in total. The van der Waals surface area contributed by atoms with Gasteiger partial charge in [-0.1, -0.05) is 15.9 Å². The molecule has 2 rings (SSSR count). The number of nitrogens with zero attached hydrogens (tertiary/aromatic N) is 1. The molecule has 1 aromatic rings. The predicted molar refractivity (Wildman–Crippen MR) is 82.6 cm³/mol. The van der Waals surface area contributed by atoms with Gasteiger partial charge < -0.3 is 15.4 Å². The van der Waals surface area contributed by atoms with Crippen molar-refractivity contribution in [3.05, 3.63) is 34.1 Å². The van der Waals surface area contributed by atoms with Crippen LogP contribution in [-0.4, -0.2) is 43.2 Å². The van der Waals surface area contributed by atoms with Gasteiger partial charge in [0.05, 0.1) is 6.10 Å². The van der Waals surface area contributed by atoms with Crippen molar-refractivity contribution in [3.8, 4) is 0 Å². The molecule has 0 aromatic heterocycles. The lowest BCUT2D eigenvalue weighted by molar-refractivity contribution is 0.00843. The predicted octanol–water partition coefficient (Wildman–Crippen LogP) is 2.56. The summed E-state index contributed by atoms with van der Waals surface area (Å²) in [6, 6.07) is 4.26. The van der Waals surface area contributed by atoms with E-state index in [1.807, 2.05) is 0 Å². The van der Waals surface area contributed by atoms with Crippen LogP contribution in [0.2, 0.25) is 0 Å². The van der Waals surface area contributed by atoms with Gasteiger partial charge in [0.25, 0.3) is 5.91 Å². The maximum atomic E-state index is 13.4. The van der Waals surface area contributed by atoms with Crippen molar-refractivity contribution < 1.29 is 13.9 Å². The zero-order chi connectivity index (χ0) is 15.2. The van der Waals surface area contributed by atoms with Gasteiger partial charge in [-0.15, -0.1) is 0 Å². The van der Waals surface area contributed by atoms with Crippen LogP contribution in [0.15, 0.2) is 22.7 Å². The van der Waals surface area contributed by atoms with Crippen LogP contribution >= 0.6 is 15.9 Å². The van der Waals surface area contributed by atoms with Crippen molar-refractivity contribution in [2.45, 2.75) is 25.4 Å². The van der Waals surface area contributed by atoms with E-state index in [2.05, 4.69) is 15.9 Å². The van der Waals surface area contributed by atoms with Gasteiger partial charge in [0.2, 0.25) is 0 Å². The molecule has 116 valence electrons. The third kappa shape index (κ3) is 4.76. The lowest BCUT2D eigenvalue weighted by atomic mass is 10.1. The summed E-state index contributed by atoms with van der Waals surface area (Å²) in [4.78, 5) is 14.1. The summed E-state index contributed by atoms with van der Waals surface area (Å²) in [5.74, 6) is -0.539. The number of piperidine rings is 1. The molecule has 0 radical (unpaired) electrons. The molecule has 21 heavy (non-hydrogen) atoms. The number of likely N-dealkylation sites (tertiary alicyclic amines) is 1. The first-order valence-electron chi connectivity index (χ1n) is 7.17. The fourth-order valence-corrected chi connectivity index (χ4v) is 2.88. The minimum Gasteiger partial charge on any atom is -0.378 e. The minimum absolute atomic E-state index is 0.129. The van der Waals surface area contributed by atoms with Crippen LogP contribution in [0, 0.1) is 5.82 Å². The standard InChI is InChI=1S/C15H20BrFN2O2/c16-12-8-11(9-13(17)10-12)15(20)19-5-2-14(3-6-19)21-7-1-4-18/h8-10,14H,1-7,18H2. The average molecular weight is 359 g/mol. The summed E-state index contributed by atoms with van der Waals surface area (Å²) in [5, 5.41) is 0. The molecule has 0 spiro atoms. The fraction of sp³-hybridized carbons (Fsp3) is 0.533. The van der Waals surface area contributed by atoms with Crippen LogP contribution in [0.3, 0.4) is 0 Å². The molecular weight excluding hydrogens is 339 g/mol. The topological polar surface area (TPSA) is 55.6 Å². The van der Waals surface area contributed by atoms with Gasteiger partial charge in [-0.05, 0) is 44.0 Å². The zero-order valence-electron chi connectivity index (χ0n) is 11.9. The second-order valence-corrected chi connectivity index (χ2v) is 6.08. The SMILES string of the molecule is NCCCOC1CCN(C(=O)c2cc(F)cc(Br)c2)CC1.